The van der Waals surface area contributed by atoms with Crippen molar-refractivity contribution in [3.05, 3.63) is 64.0 Å². The Morgan fingerprint density at radius 1 is 1.07 bits per heavy atom. The average molecular weight is 401 g/mol. The fraction of sp³-hybridized carbons (Fsp3) is 0.200. The highest BCUT2D eigenvalue weighted by molar-refractivity contribution is 7.90. The third-order valence-corrected chi connectivity index (χ3v) is 6.10. The Kier molecular flexibility index (Phi) is 5.17. The van der Waals surface area contributed by atoms with Crippen LogP contribution in [0.25, 0.3) is 11.3 Å². The van der Waals surface area contributed by atoms with Crippen LogP contribution in [0.3, 0.4) is 0 Å². The number of carbonyl (C=O) groups is 1. The van der Waals surface area contributed by atoms with E-state index in [4.69, 9.17) is 0 Å². The summed E-state index contributed by atoms with van der Waals surface area (Å²) in [7, 11) is -3.50. The fourth-order valence-electron chi connectivity index (χ4n) is 3.17. The van der Waals surface area contributed by atoms with Gasteiger partial charge in [0.2, 0.25) is 0 Å². The van der Waals surface area contributed by atoms with E-state index in [0.29, 0.717) is 5.13 Å². The third kappa shape index (κ3) is 4.09. The Balaban J connectivity index is 1.91. The van der Waals surface area contributed by atoms with Crippen LogP contribution in [0.2, 0.25) is 0 Å². The first-order valence-electron chi connectivity index (χ1n) is 8.31. The second-order valence-corrected chi connectivity index (χ2v) is 9.38. The van der Waals surface area contributed by atoms with Gasteiger partial charge in [-0.3, -0.25) is 10.1 Å². The Bertz CT molecular complexity index is 1110. The second kappa shape index (κ2) is 7.25. The summed E-state index contributed by atoms with van der Waals surface area (Å²) in [6, 6.07) is 10.4. The van der Waals surface area contributed by atoms with E-state index in [2.05, 4.69) is 29.4 Å². The smallest absolute Gasteiger partial charge is 0.258 e. The van der Waals surface area contributed by atoms with E-state index in [0.717, 1.165) is 28.6 Å². The van der Waals surface area contributed by atoms with E-state index in [-0.39, 0.29) is 10.5 Å². The molecule has 0 aliphatic heterocycles. The minimum Gasteiger partial charge on any atom is -0.298 e. The van der Waals surface area contributed by atoms with Crippen molar-refractivity contribution >= 4 is 32.2 Å². The molecular formula is C20H20N2O3S2. The quantitative estimate of drug-likeness (QED) is 0.705. The van der Waals surface area contributed by atoms with Crippen LogP contribution in [-0.4, -0.2) is 25.6 Å². The predicted molar refractivity (Wildman–Crippen MR) is 109 cm³/mol. The molecule has 0 bridgehead atoms. The number of benzene rings is 2. The number of thiazole rings is 1. The molecule has 0 radical (unpaired) electrons. The molecule has 1 amide bonds. The van der Waals surface area contributed by atoms with Crippen molar-refractivity contribution in [2.45, 2.75) is 25.7 Å². The van der Waals surface area contributed by atoms with Crippen LogP contribution in [0.1, 0.15) is 27.0 Å². The molecular weight excluding hydrogens is 380 g/mol. The Hall–Kier alpha value is -2.51. The molecule has 3 rings (SSSR count). The van der Waals surface area contributed by atoms with Gasteiger partial charge in [-0.1, -0.05) is 29.8 Å². The zero-order chi connectivity index (χ0) is 19.8. The number of nitrogens with zero attached hydrogens (tertiary/aromatic N) is 1. The number of carbonyl (C=O) groups excluding carboxylic acids is 1. The Labute approximate surface area is 163 Å². The van der Waals surface area contributed by atoms with Gasteiger partial charge in [-0.05, 0) is 44.0 Å². The maximum Gasteiger partial charge on any atom is 0.258 e. The molecule has 1 aromatic heterocycles. The van der Waals surface area contributed by atoms with Gasteiger partial charge in [0.1, 0.15) is 0 Å². The van der Waals surface area contributed by atoms with Crippen LogP contribution in [-0.2, 0) is 9.84 Å². The van der Waals surface area contributed by atoms with Crippen molar-refractivity contribution in [2.24, 2.45) is 0 Å². The highest BCUT2D eigenvalue weighted by Gasteiger charge is 2.19. The van der Waals surface area contributed by atoms with E-state index >= 15 is 0 Å². The van der Waals surface area contributed by atoms with Crippen molar-refractivity contribution in [2.75, 3.05) is 11.6 Å². The molecule has 1 N–H and O–H groups in total. The summed E-state index contributed by atoms with van der Waals surface area (Å²) in [5.41, 5.74) is 5.39. The van der Waals surface area contributed by atoms with Gasteiger partial charge in [0, 0.05) is 17.2 Å². The van der Waals surface area contributed by atoms with Crippen molar-refractivity contribution in [1.82, 2.24) is 4.98 Å². The average Bonchev–Trinajstić information content (AvgIpc) is 3.01. The SMILES string of the molecule is Cc1cc(C)c(-c2csc(NC(=O)c3ccccc3S(C)(=O)=O)n2)c(C)c1. The number of hydrogen-bond acceptors (Lipinski definition) is 5. The monoisotopic (exact) mass is 400 g/mol. The molecule has 0 atom stereocenters. The first-order valence-corrected chi connectivity index (χ1v) is 11.1. The van der Waals surface area contributed by atoms with E-state index in [1.807, 2.05) is 19.2 Å². The fourth-order valence-corrected chi connectivity index (χ4v) is 4.75. The first-order chi connectivity index (χ1) is 12.7. The van der Waals surface area contributed by atoms with Gasteiger partial charge in [-0.15, -0.1) is 11.3 Å². The van der Waals surface area contributed by atoms with E-state index in [1.54, 1.807) is 12.1 Å². The number of sulfone groups is 1. The number of rotatable bonds is 4. The number of anilines is 1. The molecule has 3 aromatic rings. The van der Waals surface area contributed by atoms with Crippen LogP contribution in [0.4, 0.5) is 5.13 Å². The molecule has 0 aliphatic carbocycles. The van der Waals surface area contributed by atoms with Crippen LogP contribution in [0, 0.1) is 20.8 Å². The van der Waals surface area contributed by atoms with E-state index in [1.165, 1.54) is 29.0 Å². The maximum atomic E-state index is 12.6. The molecule has 0 saturated carbocycles. The Morgan fingerprint density at radius 2 is 1.70 bits per heavy atom. The summed E-state index contributed by atoms with van der Waals surface area (Å²) >= 11 is 1.31. The lowest BCUT2D eigenvalue weighted by atomic mass is 9.98. The number of nitrogens with one attached hydrogen (secondary N) is 1. The summed E-state index contributed by atoms with van der Waals surface area (Å²) < 4.78 is 23.8. The summed E-state index contributed by atoms with van der Waals surface area (Å²) in [5.74, 6) is -0.491. The lowest BCUT2D eigenvalue weighted by molar-refractivity contribution is 0.102. The second-order valence-electron chi connectivity index (χ2n) is 6.53. The van der Waals surface area contributed by atoms with Gasteiger partial charge >= 0.3 is 0 Å². The minimum absolute atomic E-state index is 0.00417. The number of hydrogen-bond donors (Lipinski definition) is 1. The summed E-state index contributed by atoms with van der Waals surface area (Å²) in [6.07, 6.45) is 1.09. The lowest BCUT2D eigenvalue weighted by Gasteiger charge is -2.09. The molecule has 0 fully saturated rings. The molecule has 5 nitrogen and oxygen atoms in total. The largest absolute Gasteiger partial charge is 0.298 e. The van der Waals surface area contributed by atoms with Crippen molar-refractivity contribution in [1.29, 1.82) is 0 Å². The van der Waals surface area contributed by atoms with Crippen LogP contribution < -0.4 is 5.32 Å². The molecule has 1 heterocycles. The summed E-state index contributed by atoms with van der Waals surface area (Å²) in [5, 5.41) is 5.04. The molecule has 27 heavy (non-hydrogen) atoms. The molecule has 140 valence electrons. The van der Waals surface area contributed by atoms with Crippen molar-refractivity contribution < 1.29 is 13.2 Å². The standard InChI is InChI=1S/C20H20N2O3S2/c1-12-9-13(2)18(14(3)10-12)16-11-26-20(21-16)22-19(23)15-7-5-6-8-17(15)27(4,24)25/h5-11H,1-4H3,(H,21,22,23). The third-order valence-electron chi connectivity index (χ3n) is 4.19. The van der Waals surface area contributed by atoms with Gasteiger partial charge < -0.3 is 0 Å². The molecule has 0 spiro atoms. The number of aryl methyl sites for hydroxylation is 3. The number of amides is 1. The Morgan fingerprint density at radius 3 is 2.33 bits per heavy atom. The first kappa shape index (κ1) is 19.3. The van der Waals surface area contributed by atoms with Crippen LogP contribution >= 0.6 is 11.3 Å². The maximum absolute atomic E-state index is 12.6. The molecule has 7 heteroatoms. The van der Waals surface area contributed by atoms with Crippen molar-refractivity contribution in [3.8, 4) is 11.3 Å². The predicted octanol–water partition coefficient (Wildman–Crippen LogP) is 4.39. The molecule has 0 aliphatic rings. The summed E-state index contributed by atoms with van der Waals surface area (Å²) in [4.78, 5) is 17.1. The van der Waals surface area contributed by atoms with Gasteiger partial charge in [0.25, 0.3) is 5.91 Å². The normalized spacial score (nSPS) is 11.4. The molecule has 0 saturated heterocycles. The zero-order valence-electron chi connectivity index (χ0n) is 15.5. The topological polar surface area (TPSA) is 76.1 Å². The molecule has 2 aromatic carbocycles. The van der Waals surface area contributed by atoms with Gasteiger partial charge in [-0.25, -0.2) is 13.4 Å². The minimum atomic E-state index is -3.50. The highest BCUT2D eigenvalue weighted by atomic mass is 32.2. The van der Waals surface area contributed by atoms with Gasteiger partial charge in [0.15, 0.2) is 15.0 Å². The number of aromatic nitrogens is 1. The van der Waals surface area contributed by atoms with Crippen molar-refractivity contribution in [3.63, 3.8) is 0 Å². The van der Waals surface area contributed by atoms with E-state index in [9.17, 15) is 13.2 Å². The molecule has 0 unspecified atom stereocenters. The lowest BCUT2D eigenvalue weighted by Crippen LogP contribution is -2.15. The highest BCUT2D eigenvalue weighted by Crippen LogP contribution is 2.31. The van der Waals surface area contributed by atoms with Gasteiger partial charge in [0.05, 0.1) is 16.2 Å². The van der Waals surface area contributed by atoms with Crippen LogP contribution in [0.5, 0.6) is 0 Å². The van der Waals surface area contributed by atoms with E-state index < -0.39 is 15.7 Å². The zero-order valence-corrected chi connectivity index (χ0v) is 17.2. The summed E-state index contributed by atoms with van der Waals surface area (Å²) in [6.45, 7) is 6.13. The van der Waals surface area contributed by atoms with Crippen LogP contribution in [0.15, 0.2) is 46.7 Å². The van der Waals surface area contributed by atoms with Gasteiger partial charge in [-0.2, -0.15) is 0 Å².